The molecule has 25 heavy (non-hydrogen) atoms. The molecule has 0 N–H and O–H groups in total. The molecule has 1 amide bonds. The Morgan fingerprint density at radius 1 is 1.24 bits per heavy atom. The maximum atomic E-state index is 12.8. The number of amides is 1. The Bertz CT molecular complexity index is 681. The first-order valence-corrected chi connectivity index (χ1v) is 9.05. The van der Waals surface area contributed by atoms with Crippen LogP contribution in [0, 0.1) is 6.92 Å². The quantitative estimate of drug-likeness (QED) is 0.769. The summed E-state index contributed by atoms with van der Waals surface area (Å²) >= 11 is 0. The van der Waals surface area contributed by atoms with Gasteiger partial charge in [0.2, 0.25) is 5.91 Å². The SMILES string of the molecule is Cc1cccc(CN(Cc2ccccn2)C(=O)CC[C@@H]2CCCO2)c1. The Kier molecular flexibility index (Phi) is 6.18. The Balaban J connectivity index is 1.67. The summed E-state index contributed by atoms with van der Waals surface area (Å²) in [6.07, 6.45) is 5.55. The van der Waals surface area contributed by atoms with Crippen molar-refractivity contribution in [3.05, 3.63) is 65.5 Å². The van der Waals surface area contributed by atoms with Crippen LogP contribution in [0.2, 0.25) is 0 Å². The molecular weight excluding hydrogens is 312 g/mol. The number of nitrogens with zero attached hydrogens (tertiary/aromatic N) is 2. The Labute approximate surface area is 149 Å². The van der Waals surface area contributed by atoms with Crippen LogP contribution in [0.3, 0.4) is 0 Å². The summed E-state index contributed by atoms with van der Waals surface area (Å²) in [4.78, 5) is 19.1. The highest BCUT2D eigenvalue weighted by atomic mass is 16.5. The first-order chi connectivity index (χ1) is 12.2. The van der Waals surface area contributed by atoms with Gasteiger partial charge in [-0.1, -0.05) is 35.9 Å². The van der Waals surface area contributed by atoms with Gasteiger partial charge in [-0.3, -0.25) is 9.78 Å². The third-order valence-corrected chi connectivity index (χ3v) is 4.59. The van der Waals surface area contributed by atoms with E-state index >= 15 is 0 Å². The molecule has 2 heterocycles. The Morgan fingerprint density at radius 3 is 2.88 bits per heavy atom. The van der Waals surface area contributed by atoms with E-state index in [0.717, 1.165) is 37.1 Å². The second-order valence-corrected chi connectivity index (χ2v) is 6.73. The van der Waals surface area contributed by atoms with E-state index in [2.05, 4.69) is 30.1 Å². The number of aryl methyl sites for hydroxylation is 1. The predicted molar refractivity (Wildman–Crippen MR) is 97.9 cm³/mol. The summed E-state index contributed by atoms with van der Waals surface area (Å²) in [5.41, 5.74) is 3.28. The lowest BCUT2D eigenvalue weighted by atomic mass is 10.1. The zero-order valence-corrected chi connectivity index (χ0v) is 14.9. The number of carbonyl (C=O) groups is 1. The molecule has 2 aromatic rings. The molecule has 4 heteroatoms. The monoisotopic (exact) mass is 338 g/mol. The normalized spacial score (nSPS) is 16.8. The number of pyridine rings is 1. The van der Waals surface area contributed by atoms with Gasteiger partial charge in [0, 0.05) is 25.8 Å². The van der Waals surface area contributed by atoms with Gasteiger partial charge in [0.1, 0.15) is 0 Å². The molecule has 1 aliphatic rings. The lowest BCUT2D eigenvalue weighted by molar-refractivity contribution is -0.133. The Hall–Kier alpha value is -2.20. The summed E-state index contributed by atoms with van der Waals surface area (Å²) < 4.78 is 5.65. The van der Waals surface area contributed by atoms with E-state index in [4.69, 9.17) is 4.74 Å². The molecule has 3 rings (SSSR count). The zero-order chi connectivity index (χ0) is 17.5. The average Bonchev–Trinajstić information content (AvgIpc) is 3.14. The number of hydrogen-bond donors (Lipinski definition) is 0. The fourth-order valence-electron chi connectivity index (χ4n) is 3.26. The number of carbonyl (C=O) groups excluding carboxylic acids is 1. The molecule has 4 nitrogen and oxygen atoms in total. The van der Waals surface area contributed by atoms with Gasteiger partial charge in [-0.15, -0.1) is 0 Å². The van der Waals surface area contributed by atoms with Crippen LogP contribution < -0.4 is 0 Å². The van der Waals surface area contributed by atoms with Crippen molar-refractivity contribution in [2.45, 2.75) is 51.8 Å². The smallest absolute Gasteiger partial charge is 0.223 e. The first kappa shape index (κ1) is 17.6. The van der Waals surface area contributed by atoms with Crippen LogP contribution in [-0.4, -0.2) is 28.5 Å². The molecular formula is C21H26N2O2. The maximum absolute atomic E-state index is 12.8. The van der Waals surface area contributed by atoms with Crippen LogP contribution in [0.5, 0.6) is 0 Å². The molecule has 132 valence electrons. The van der Waals surface area contributed by atoms with Gasteiger partial charge in [0.05, 0.1) is 18.3 Å². The van der Waals surface area contributed by atoms with Crippen LogP contribution in [-0.2, 0) is 22.6 Å². The van der Waals surface area contributed by atoms with Gasteiger partial charge in [-0.05, 0) is 43.9 Å². The van der Waals surface area contributed by atoms with Crippen molar-refractivity contribution in [1.29, 1.82) is 0 Å². The molecule has 0 saturated carbocycles. The van der Waals surface area contributed by atoms with Crippen molar-refractivity contribution >= 4 is 5.91 Å². The number of rotatable bonds is 7. The van der Waals surface area contributed by atoms with Crippen molar-refractivity contribution in [1.82, 2.24) is 9.88 Å². The highest BCUT2D eigenvalue weighted by Gasteiger charge is 2.20. The number of aromatic nitrogens is 1. The second-order valence-electron chi connectivity index (χ2n) is 6.73. The highest BCUT2D eigenvalue weighted by molar-refractivity contribution is 5.76. The van der Waals surface area contributed by atoms with Crippen LogP contribution in [0.1, 0.15) is 42.5 Å². The molecule has 1 fully saturated rings. The summed E-state index contributed by atoms with van der Waals surface area (Å²) in [6, 6.07) is 14.2. The van der Waals surface area contributed by atoms with Crippen LogP contribution in [0.25, 0.3) is 0 Å². The molecule has 0 unspecified atom stereocenters. The van der Waals surface area contributed by atoms with Crippen LogP contribution >= 0.6 is 0 Å². The Morgan fingerprint density at radius 2 is 2.16 bits per heavy atom. The van der Waals surface area contributed by atoms with Crippen LogP contribution in [0.15, 0.2) is 48.7 Å². The number of ether oxygens (including phenoxy) is 1. The van der Waals surface area contributed by atoms with E-state index in [1.807, 2.05) is 29.2 Å². The minimum absolute atomic E-state index is 0.169. The van der Waals surface area contributed by atoms with Gasteiger partial charge in [0.15, 0.2) is 0 Å². The van der Waals surface area contributed by atoms with E-state index in [0.29, 0.717) is 19.5 Å². The second kappa shape index (κ2) is 8.77. The molecule has 0 bridgehead atoms. The number of benzene rings is 1. The fraction of sp³-hybridized carbons (Fsp3) is 0.429. The first-order valence-electron chi connectivity index (χ1n) is 9.05. The highest BCUT2D eigenvalue weighted by Crippen LogP contribution is 2.19. The summed E-state index contributed by atoms with van der Waals surface area (Å²) in [5.74, 6) is 0.169. The summed E-state index contributed by atoms with van der Waals surface area (Å²) in [7, 11) is 0. The van der Waals surface area contributed by atoms with Gasteiger partial charge in [-0.25, -0.2) is 0 Å². The third-order valence-electron chi connectivity index (χ3n) is 4.59. The topological polar surface area (TPSA) is 42.4 Å². The molecule has 1 aromatic heterocycles. The molecule has 0 radical (unpaired) electrons. The summed E-state index contributed by atoms with van der Waals surface area (Å²) in [6.45, 7) is 4.06. The maximum Gasteiger partial charge on any atom is 0.223 e. The van der Waals surface area contributed by atoms with E-state index in [1.54, 1.807) is 6.20 Å². The van der Waals surface area contributed by atoms with Gasteiger partial charge >= 0.3 is 0 Å². The van der Waals surface area contributed by atoms with E-state index in [1.165, 1.54) is 5.56 Å². The summed E-state index contributed by atoms with van der Waals surface area (Å²) in [5, 5.41) is 0. The van der Waals surface area contributed by atoms with Crippen LogP contribution in [0.4, 0.5) is 0 Å². The molecule has 1 aromatic carbocycles. The minimum Gasteiger partial charge on any atom is -0.378 e. The van der Waals surface area contributed by atoms with E-state index in [9.17, 15) is 4.79 Å². The van der Waals surface area contributed by atoms with E-state index < -0.39 is 0 Å². The standard InChI is InChI=1S/C21H26N2O2/c1-17-6-4-7-18(14-17)15-23(16-19-8-2-3-12-22-19)21(24)11-10-20-9-5-13-25-20/h2-4,6-8,12,14,20H,5,9-11,13,15-16H2,1H3/t20-/m0/s1. The minimum atomic E-state index is 0.169. The van der Waals surface area contributed by atoms with Crippen molar-refractivity contribution in [3.63, 3.8) is 0 Å². The zero-order valence-electron chi connectivity index (χ0n) is 14.9. The lowest BCUT2D eigenvalue weighted by Crippen LogP contribution is -2.31. The van der Waals surface area contributed by atoms with Gasteiger partial charge in [-0.2, -0.15) is 0 Å². The van der Waals surface area contributed by atoms with Crippen molar-refractivity contribution in [2.75, 3.05) is 6.61 Å². The molecule has 1 aliphatic heterocycles. The van der Waals surface area contributed by atoms with Gasteiger partial charge in [0.25, 0.3) is 0 Å². The third kappa shape index (κ3) is 5.40. The van der Waals surface area contributed by atoms with E-state index in [-0.39, 0.29) is 12.0 Å². The van der Waals surface area contributed by atoms with Crippen molar-refractivity contribution in [2.24, 2.45) is 0 Å². The molecule has 1 saturated heterocycles. The number of hydrogen-bond acceptors (Lipinski definition) is 3. The fourth-order valence-corrected chi connectivity index (χ4v) is 3.26. The van der Waals surface area contributed by atoms with Crippen molar-refractivity contribution < 1.29 is 9.53 Å². The lowest BCUT2D eigenvalue weighted by Gasteiger charge is -2.23. The largest absolute Gasteiger partial charge is 0.378 e. The molecule has 0 aliphatic carbocycles. The van der Waals surface area contributed by atoms with Gasteiger partial charge < -0.3 is 9.64 Å². The molecule has 1 atom stereocenters. The average molecular weight is 338 g/mol. The predicted octanol–water partition coefficient (Wildman–Crippen LogP) is 3.88. The van der Waals surface area contributed by atoms with Crippen molar-refractivity contribution in [3.8, 4) is 0 Å². The molecule has 0 spiro atoms.